The lowest BCUT2D eigenvalue weighted by atomic mass is 10.1. The van der Waals surface area contributed by atoms with Crippen LogP contribution in [0, 0.1) is 19.7 Å². The molecule has 1 nitrogen and oxygen atoms in total. The Kier molecular flexibility index (Phi) is 3.29. The summed E-state index contributed by atoms with van der Waals surface area (Å²) in [6, 6.07) is 3.22. The molecular formula is C11H15FO. The van der Waals surface area contributed by atoms with Crippen LogP contribution in [-0.2, 0) is 0 Å². The zero-order chi connectivity index (χ0) is 9.84. The summed E-state index contributed by atoms with van der Waals surface area (Å²) >= 11 is 0. The summed E-state index contributed by atoms with van der Waals surface area (Å²) in [5.41, 5.74) is 1.60. The van der Waals surface area contributed by atoms with Crippen molar-refractivity contribution in [1.29, 1.82) is 0 Å². The molecule has 13 heavy (non-hydrogen) atoms. The van der Waals surface area contributed by atoms with Crippen molar-refractivity contribution in [3.05, 3.63) is 29.1 Å². The zero-order valence-corrected chi connectivity index (χ0v) is 8.36. The first-order chi connectivity index (χ1) is 6.16. The normalized spacial score (nSPS) is 10.2. The van der Waals surface area contributed by atoms with Gasteiger partial charge in [-0.05, 0) is 31.9 Å². The fourth-order valence-electron chi connectivity index (χ4n) is 1.23. The third kappa shape index (κ3) is 2.20. The quantitative estimate of drug-likeness (QED) is 0.697. The molecule has 0 amide bonds. The largest absolute Gasteiger partial charge is 0.493 e. The van der Waals surface area contributed by atoms with Gasteiger partial charge in [0.15, 0.2) is 0 Å². The molecule has 72 valence electrons. The van der Waals surface area contributed by atoms with Crippen LogP contribution in [0.25, 0.3) is 0 Å². The number of halogens is 1. The van der Waals surface area contributed by atoms with Crippen molar-refractivity contribution in [1.82, 2.24) is 0 Å². The molecule has 0 unspecified atom stereocenters. The van der Waals surface area contributed by atoms with Gasteiger partial charge in [0.2, 0.25) is 0 Å². The van der Waals surface area contributed by atoms with Crippen LogP contribution in [-0.4, -0.2) is 6.61 Å². The first-order valence-electron chi connectivity index (χ1n) is 4.55. The number of rotatable bonds is 3. The lowest BCUT2D eigenvalue weighted by molar-refractivity contribution is 0.311. The Bertz CT molecular complexity index is 294. The van der Waals surface area contributed by atoms with Crippen LogP contribution in [0.5, 0.6) is 5.75 Å². The van der Waals surface area contributed by atoms with Gasteiger partial charge in [-0.25, -0.2) is 4.39 Å². The average Bonchev–Trinajstić information content (AvgIpc) is 2.12. The number of ether oxygens (including phenoxy) is 1. The third-order valence-electron chi connectivity index (χ3n) is 1.99. The van der Waals surface area contributed by atoms with Gasteiger partial charge in [0, 0.05) is 5.56 Å². The van der Waals surface area contributed by atoms with Gasteiger partial charge in [-0.2, -0.15) is 0 Å². The first-order valence-corrected chi connectivity index (χ1v) is 4.55. The van der Waals surface area contributed by atoms with E-state index in [4.69, 9.17) is 4.74 Å². The molecule has 0 saturated carbocycles. The van der Waals surface area contributed by atoms with Gasteiger partial charge in [0.1, 0.15) is 11.6 Å². The fourth-order valence-corrected chi connectivity index (χ4v) is 1.23. The van der Waals surface area contributed by atoms with E-state index in [0.29, 0.717) is 17.9 Å². The molecule has 1 aromatic carbocycles. The van der Waals surface area contributed by atoms with Crippen molar-refractivity contribution >= 4 is 0 Å². The van der Waals surface area contributed by atoms with Crippen LogP contribution in [0.3, 0.4) is 0 Å². The molecule has 0 bridgehead atoms. The van der Waals surface area contributed by atoms with Crippen LogP contribution in [0.2, 0.25) is 0 Å². The zero-order valence-electron chi connectivity index (χ0n) is 8.36. The molecule has 0 atom stereocenters. The van der Waals surface area contributed by atoms with Crippen LogP contribution in [0.1, 0.15) is 24.5 Å². The second-order valence-electron chi connectivity index (χ2n) is 3.17. The number of hydrogen-bond acceptors (Lipinski definition) is 1. The predicted molar refractivity (Wildman–Crippen MR) is 51.7 cm³/mol. The van der Waals surface area contributed by atoms with E-state index in [1.165, 1.54) is 6.07 Å². The number of benzene rings is 1. The Morgan fingerprint density at radius 1 is 1.31 bits per heavy atom. The molecule has 0 aliphatic rings. The van der Waals surface area contributed by atoms with Crippen LogP contribution in [0.4, 0.5) is 4.39 Å². The summed E-state index contributed by atoms with van der Waals surface area (Å²) in [6.45, 7) is 6.35. The van der Waals surface area contributed by atoms with E-state index in [1.807, 2.05) is 13.8 Å². The first kappa shape index (κ1) is 10.0. The summed E-state index contributed by atoms with van der Waals surface area (Å²) in [6.07, 6.45) is 0.940. The maximum Gasteiger partial charge on any atom is 0.129 e. The predicted octanol–water partition coefficient (Wildman–Crippen LogP) is 3.23. The molecule has 1 aromatic rings. The highest BCUT2D eigenvalue weighted by atomic mass is 19.1. The maximum absolute atomic E-state index is 13.1. The molecule has 0 saturated heterocycles. The van der Waals surface area contributed by atoms with Crippen LogP contribution >= 0.6 is 0 Å². The van der Waals surface area contributed by atoms with E-state index in [1.54, 1.807) is 13.0 Å². The van der Waals surface area contributed by atoms with E-state index in [-0.39, 0.29) is 5.82 Å². The monoisotopic (exact) mass is 182 g/mol. The standard InChI is InChI=1S/C11H15FO/c1-4-7-13-11-8(2)5-6-10(12)9(11)3/h5-6H,4,7H2,1-3H3. The number of aryl methyl sites for hydroxylation is 1. The second-order valence-corrected chi connectivity index (χ2v) is 3.17. The van der Waals surface area contributed by atoms with Gasteiger partial charge in [0.05, 0.1) is 6.61 Å². The van der Waals surface area contributed by atoms with E-state index in [2.05, 4.69) is 0 Å². The van der Waals surface area contributed by atoms with Crippen LogP contribution < -0.4 is 4.74 Å². The van der Waals surface area contributed by atoms with Gasteiger partial charge in [-0.3, -0.25) is 0 Å². The Balaban J connectivity index is 2.96. The highest BCUT2D eigenvalue weighted by Crippen LogP contribution is 2.25. The fraction of sp³-hybridized carbons (Fsp3) is 0.455. The van der Waals surface area contributed by atoms with Crippen molar-refractivity contribution in [2.24, 2.45) is 0 Å². The van der Waals surface area contributed by atoms with Crippen molar-refractivity contribution in [3.8, 4) is 5.75 Å². The van der Waals surface area contributed by atoms with Gasteiger partial charge >= 0.3 is 0 Å². The molecule has 1 rings (SSSR count). The molecule has 0 N–H and O–H groups in total. The van der Waals surface area contributed by atoms with Crippen molar-refractivity contribution in [2.75, 3.05) is 6.61 Å². The summed E-state index contributed by atoms with van der Waals surface area (Å²) in [5, 5.41) is 0. The second kappa shape index (κ2) is 4.26. The van der Waals surface area contributed by atoms with Gasteiger partial charge in [0.25, 0.3) is 0 Å². The SMILES string of the molecule is CCCOc1c(C)ccc(F)c1C. The van der Waals surface area contributed by atoms with E-state index >= 15 is 0 Å². The van der Waals surface area contributed by atoms with Gasteiger partial charge in [-0.1, -0.05) is 13.0 Å². The lowest BCUT2D eigenvalue weighted by Crippen LogP contribution is -2.00. The van der Waals surface area contributed by atoms with Crippen molar-refractivity contribution < 1.29 is 9.13 Å². The van der Waals surface area contributed by atoms with Gasteiger partial charge < -0.3 is 4.74 Å². The molecular weight excluding hydrogens is 167 g/mol. The Labute approximate surface area is 78.5 Å². The molecule has 0 aliphatic heterocycles. The minimum absolute atomic E-state index is 0.197. The highest BCUT2D eigenvalue weighted by molar-refractivity contribution is 5.40. The molecule has 2 heteroatoms. The Morgan fingerprint density at radius 3 is 2.62 bits per heavy atom. The van der Waals surface area contributed by atoms with Gasteiger partial charge in [-0.15, -0.1) is 0 Å². The van der Waals surface area contributed by atoms with Crippen LogP contribution in [0.15, 0.2) is 12.1 Å². The van der Waals surface area contributed by atoms with E-state index in [0.717, 1.165) is 12.0 Å². The van der Waals surface area contributed by atoms with Crippen molar-refractivity contribution in [2.45, 2.75) is 27.2 Å². The topological polar surface area (TPSA) is 9.23 Å². The molecule has 0 aliphatic carbocycles. The molecule has 0 radical (unpaired) electrons. The summed E-state index contributed by atoms with van der Waals surface area (Å²) in [4.78, 5) is 0. The maximum atomic E-state index is 13.1. The molecule has 0 fully saturated rings. The molecule has 0 aromatic heterocycles. The summed E-state index contributed by atoms with van der Waals surface area (Å²) in [5.74, 6) is 0.499. The lowest BCUT2D eigenvalue weighted by Gasteiger charge is -2.11. The van der Waals surface area contributed by atoms with Crippen molar-refractivity contribution in [3.63, 3.8) is 0 Å². The summed E-state index contributed by atoms with van der Waals surface area (Å²) < 4.78 is 18.6. The minimum Gasteiger partial charge on any atom is -0.493 e. The van der Waals surface area contributed by atoms with E-state index in [9.17, 15) is 4.39 Å². The Morgan fingerprint density at radius 2 is 2.00 bits per heavy atom. The molecule has 0 spiro atoms. The Hall–Kier alpha value is -1.05. The third-order valence-corrected chi connectivity index (χ3v) is 1.99. The molecule has 0 heterocycles. The average molecular weight is 182 g/mol. The smallest absolute Gasteiger partial charge is 0.129 e. The number of hydrogen-bond donors (Lipinski definition) is 0. The van der Waals surface area contributed by atoms with E-state index < -0.39 is 0 Å². The summed E-state index contributed by atoms with van der Waals surface area (Å²) in [7, 11) is 0. The minimum atomic E-state index is -0.197. The highest BCUT2D eigenvalue weighted by Gasteiger charge is 2.07.